The third kappa shape index (κ3) is 6.80. The molecule has 0 fully saturated rings. The van der Waals surface area contributed by atoms with Crippen molar-refractivity contribution in [1.82, 2.24) is 15.3 Å². The Balaban J connectivity index is 1.49. The van der Waals surface area contributed by atoms with E-state index in [0.29, 0.717) is 23.4 Å². The van der Waals surface area contributed by atoms with E-state index in [0.717, 1.165) is 43.7 Å². The number of rotatable bonds is 11. The second-order valence-electron chi connectivity index (χ2n) is 7.53. The van der Waals surface area contributed by atoms with Crippen molar-refractivity contribution in [3.8, 4) is 5.75 Å². The fourth-order valence-corrected chi connectivity index (χ4v) is 3.50. The second-order valence-corrected chi connectivity index (χ2v) is 7.53. The molecule has 8 nitrogen and oxygen atoms in total. The molecule has 4 N–H and O–H groups in total. The van der Waals surface area contributed by atoms with Gasteiger partial charge in [-0.15, -0.1) is 0 Å². The highest BCUT2D eigenvalue weighted by Crippen LogP contribution is 2.21. The number of aryl methyl sites for hydroxylation is 2. The van der Waals surface area contributed by atoms with Crippen molar-refractivity contribution in [2.24, 2.45) is 0 Å². The van der Waals surface area contributed by atoms with Crippen LogP contribution in [0.5, 0.6) is 5.75 Å². The van der Waals surface area contributed by atoms with E-state index in [1.165, 1.54) is 12.7 Å². The fourth-order valence-electron chi connectivity index (χ4n) is 3.50. The molecule has 31 heavy (non-hydrogen) atoms. The molecular formula is C23H29N5O3. The van der Waals surface area contributed by atoms with Crippen LogP contribution in [0.3, 0.4) is 0 Å². The normalized spacial score (nSPS) is 13.8. The second kappa shape index (κ2) is 11.1. The molecule has 0 radical (unpaired) electrons. The van der Waals surface area contributed by atoms with Crippen molar-refractivity contribution in [3.63, 3.8) is 0 Å². The lowest BCUT2D eigenvalue weighted by Crippen LogP contribution is -2.19. The molecule has 8 heteroatoms. The number of nitrogens with zero attached hydrogens (tertiary/aromatic N) is 2. The van der Waals surface area contributed by atoms with Crippen molar-refractivity contribution in [2.75, 3.05) is 19.0 Å². The van der Waals surface area contributed by atoms with Crippen LogP contribution in [0.15, 0.2) is 42.9 Å². The van der Waals surface area contributed by atoms with Crippen LogP contribution in [0, 0.1) is 5.41 Å². The van der Waals surface area contributed by atoms with Crippen LogP contribution in [0.25, 0.3) is 0 Å². The van der Waals surface area contributed by atoms with Gasteiger partial charge in [0.1, 0.15) is 11.6 Å². The molecular weight excluding hydrogens is 394 g/mol. The predicted molar refractivity (Wildman–Crippen MR) is 120 cm³/mol. The SMILES string of the molecule is COc1cncc(C(CC(=O)O)N/C=C\C(=N)CCCc2ccc3c(n2)NCCC3)c1. The molecule has 1 aliphatic heterocycles. The van der Waals surface area contributed by atoms with Crippen LogP contribution in [0.1, 0.15) is 48.5 Å². The van der Waals surface area contributed by atoms with Gasteiger partial charge in [0, 0.05) is 24.1 Å². The van der Waals surface area contributed by atoms with Crippen molar-refractivity contribution < 1.29 is 14.6 Å². The molecule has 164 valence electrons. The highest BCUT2D eigenvalue weighted by molar-refractivity contribution is 5.92. The molecule has 0 saturated heterocycles. The summed E-state index contributed by atoms with van der Waals surface area (Å²) in [4.78, 5) is 20.0. The number of hydrogen-bond donors (Lipinski definition) is 4. The zero-order valence-electron chi connectivity index (χ0n) is 17.7. The number of pyridine rings is 2. The van der Waals surface area contributed by atoms with Gasteiger partial charge in [0.05, 0.1) is 25.8 Å². The van der Waals surface area contributed by atoms with Gasteiger partial charge in [0.2, 0.25) is 0 Å². The Bertz CT molecular complexity index is 945. The Morgan fingerprint density at radius 1 is 1.42 bits per heavy atom. The van der Waals surface area contributed by atoms with Crippen LogP contribution in [0.2, 0.25) is 0 Å². The van der Waals surface area contributed by atoms with Gasteiger partial charge in [-0.25, -0.2) is 4.98 Å². The largest absolute Gasteiger partial charge is 0.495 e. The zero-order valence-corrected chi connectivity index (χ0v) is 17.7. The van der Waals surface area contributed by atoms with Crippen molar-refractivity contribution in [3.05, 3.63) is 59.7 Å². The molecule has 3 heterocycles. The molecule has 2 aromatic heterocycles. The third-order valence-corrected chi connectivity index (χ3v) is 5.16. The van der Waals surface area contributed by atoms with E-state index in [-0.39, 0.29) is 6.42 Å². The van der Waals surface area contributed by atoms with E-state index < -0.39 is 12.0 Å². The molecule has 1 atom stereocenters. The Morgan fingerprint density at radius 3 is 3.10 bits per heavy atom. The molecule has 0 amide bonds. The van der Waals surface area contributed by atoms with Gasteiger partial charge < -0.3 is 25.9 Å². The Morgan fingerprint density at radius 2 is 2.29 bits per heavy atom. The average Bonchev–Trinajstić information content (AvgIpc) is 2.78. The molecule has 3 rings (SSSR count). The topological polar surface area (TPSA) is 120 Å². The molecule has 1 aliphatic rings. The van der Waals surface area contributed by atoms with Crippen LogP contribution < -0.4 is 15.4 Å². The molecule has 0 saturated carbocycles. The van der Waals surface area contributed by atoms with Gasteiger partial charge in [-0.05, 0) is 67.6 Å². The Hall–Kier alpha value is -3.42. The molecule has 2 aromatic rings. The van der Waals surface area contributed by atoms with Crippen LogP contribution >= 0.6 is 0 Å². The van der Waals surface area contributed by atoms with E-state index in [1.807, 2.05) is 0 Å². The number of fused-ring (bicyclic) bond motifs is 1. The lowest BCUT2D eigenvalue weighted by Gasteiger charge is -2.17. The van der Waals surface area contributed by atoms with Crippen LogP contribution in [-0.4, -0.2) is 40.4 Å². The van der Waals surface area contributed by atoms with Gasteiger partial charge in [-0.1, -0.05) is 6.07 Å². The van der Waals surface area contributed by atoms with Crippen molar-refractivity contribution in [1.29, 1.82) is 5.41 Å². The lowest BCUT2D eigenvalue weighted by atomic mass is 10.0. The maximum atomic E-state index is 11.2. The first-order chi connectivity index (χ1) is 15.0. The number of aliphatic carboxylic acids is 1. The van der Waals surface area contributed by atoms with E-state index in [9.17, 15) is 9.90 Å². The Labute approximate surface area is 182 Å². The number of carboxylic acid groups (broad SMARTS) is 1. The maximum Gasteiger partial charge on any atom is 0.305 e. The van der Waals surface area contributed by atoms with Gasteiger partial charge >= 0.3 is 5.97 Å². The number of carboxylic acids is 1. The molecule has 1 unspecified atom stereocenters. The number of anilines is 1. The molecule has 0 aromatic carbocycles. The number of allylic oxidation sites excluding steroid dienone is 1. The van der Waals surface area contributed by atoms with E-state index in [4.69, 9.17) is 10.1 Å². The summed E-state index contributed by atoms with van der Waals surface area (Å²) in [7, 11) is 1.54. The number of nitrogens with one attached hydrogen (secondary N) is 3. The highest BCUT2D eigenvalue weighted by atomic mass is 16.5. The van der Waals surface area contributed by atoms with Gasteiger partial charge in [-0.3, -0.25) is 9.78 Å². The summed E-state index contributed by atoms with van der Waals surface area (Å²) >= 11 is 0. The number of carbonyl (C=O) groups is 1. The van der Waals surface area contributed by atoms with E-state index in [1.54, 1.807) is 30.7 Å². The summed E-state index contributed by atoms with van der Waals surface area (Å²) in [6.45, 7) is 0.973. The fraction of sp³-hybridized carbons (Fsp3) is 0.391. The summed E-state index contributed by atoms with van der Waals surface area (Å²) in [5, 5.41) is 23.8. The summed E-state index contributed by atoms with van der Waals surface area (Å²) in [6, 6.07) is 5.52. The maximum absolute atomic E-state index is 11.2. The van der Waals surface area contributed by atoms with E-state index >= 15 is 0 Å². The standard InChI is InChI=1S/C23H29N5O3/c1-31-20-12-17(14-25-15-20)21(13-22(29)30)26-11-9-18(24)5-2-6-19-8-7-16-4-3-10-27-23(16)28-19/h7-9,11-12,14-15,21,24,26H,2-6,10,13H2,1H3,(H,27,28)(H,29,30)/b11-9-,24-18?. The van der Waals surface area contributed by atoms with Crippen molar-refractivity contribution in [2.45, 2.75) is 44.6 Å². The van der Waals surface area contributed by atoms with Crippen molar-refractivity contribution >= 4 is 17.5 Å². The predicted octanol–water partition coefficient (Wildman–Crippen LogP) is 3.51. The summed E-state index contributed by atoms with van der Waals surface area (Å²) in [5.74, 6) is 0.646. The van der Waals surface area contributed by atoms with Gasteiger partial charge in [-0.2, -0.15) is 0 Å². The molecule has 0 spiro atoms. The summed E-state index contributed by atoms with van der Waals surface area (Å²) in [5.41, 5.74) is 3.50. The average molecular weight is 424 g/mol. The quantitative estimate of drug-likeness (QED) is 0.408. The third-order valence-electron chi connectivity index (χ3n) is 5.16. The first kappa shape index (κ1) is 22.3. The van der Waals surface area contributed by atoms with Crippen LogP contribution in [-0.2, 0) is 17.6 Å². The first-order valence-corrected chi connectivity index (χ1v) is 10.5. The molecule has 0 aliphatic carbocycles. The Kier molecular flexibility index (Phi) is 7.98. The summed E-state index contributed by atoms with van der Waals surface area (Å²) in [6.07, 6.45) is 10.9. The minimum Gasteiger partial charge on any atom is -0.495 e. The van der Waals surface area contributed by atoms with Gasteiger partial charge in [0.25, 0.3) is 0 Å². The minimum absolute atomic E-state index is 0.107. The van der Waals surface area contributed by atoms with Crippen LogP contribution in [0.4, 0.5) is 5.82 Å². The molecule has 0 bridgehead atoms. The number of ether oxygens (including phenoxy) is 1. The number of methoxy groups -OCH3 is 1. The highest BCUT2D eigenvalue weighted by Gasteiger charge is 2.15. The minimum atomic E-state index is -0.921. The monoisotopic (exact) mass is 423 g/mol. The van der Waals surface area contributed by atoms with Gasteiger partial charge in [0.15, 0.2) is 0 Å². The zero-order chi connectivity index (χ0) is 22.1. The lowest BCUT2D eigenvalue weighted by molar-refractivity contribution is -0.137. The first-order valence-electron chi connectivity index (χ1n) is 10.5. The number of aromatic nitrogens is 2. The summed E-state index contributed by atoms with van der Waals surface area (Å²) < 4.78 is 5.17. The number of hydrogen-bond acceptors (Lipinski definition) is 7. The smallest absolute Gasteiger partial charge is 0.305 e. The van der Waals surface area contributed by atoms with E-state index in [2.05, 4.69) is 32.7 Å².